The molecule has 16 heavy (non-hydrogen) atoms. The van der Waals surface area contributed by atoms with Crippen LogP contribution >= 0.6 is 6.64 Å². The zero-order valence-electron chi connectivity index (χ0n) is 11.2. The quantitative estimate of drug-likeness (QED) is 0.669. The summed E-state index contributed by atoms with van der Waals surface area (Å²) in [4.78, 5) is 0. The van der Waals surface area contributed by atoms with Gasteiger partial charge in [0.1, 0.15) is 5.76 Å². The van der Waals surface area contributed by atoms with Crippen molar-refractivity contribution in [2.45, 2.75) is 47.1 Å². The Morgan fingerprint density at radius 1 is 1.25 bits per heavy atom. The summed E-state index contributed by atoms with van der Waals surface area (Å²) in [6.45, 7) is 10.3. The van der Waals surface area contributed by atoms with Crippen molar-refractivity contribution >= 4 is 18.4 Å². The van der Waals surface area contributed by atoms with E-state index < -0.39 is 6.64 Å². The van der Waals surface area contributed by atoms with Crippen LogP contribution in [0.4, 0.5) is 0 Å². The average Bonchev–Trinajstić information content (AvgIpc) is 2.42. The minimum atomic E-state index is -2.36. The third-order valence-corrected chi connectivity index (χ3v) is 5.71. The van der Waals surface area contributed by atoms with Crippen LogP contribution in [0.5, 0.6) is 0 Å². The van der Waals surface area contributed by atoms with Gasteiger partial charge in [0, 0.05) is 24.3 Å². The van der Waals surface area contributed by atoms with Gasteiger partial charge in [0.25, 0.3) is 0 Å². The van der Waals surface area contributed by atoms with E-state index >= 15 is 0 Å². The van der Waals surface area contributed by atoms with Crippen molar-refractivity contribution in [1.29, 1.82) is 0 Å². The molecule has 0 aromatic rings. The maximum absolute atomic E-state index is 5.89. The number of hydrogen-bond donors (Lipinski definition) is 0. The summed E-state index contributed by atoms with van der Waals surface area (Å²) < 4.78 is 13.4. The summed E-state index contributed by atoms with van der Waals surface area (Å²) in [5, 5.41) is 0. The fraction of sp³-hybridized carbons (Fsp3) is 0.818. The van der Waals surface area contributed by atoms with Gasteiger partial charge in [-0.05, 0) is 32.6 Å². The zero-order chi connectivity index (χ0) is 12.8. The van der Waals surface area contributed by atoms with Crippen LogP contribution in [-0.4, -0.2) is 17.3 Å². The fourth-order valence-corrected chi connectivity index (χ4v) is 4.40. The van der Waals surface area contributed by atoms with Crippen LogP contribution in [0.3, 0.4) is 0 Å². The summed E-state index contributed by atoms with van der Waals surface area (Å²) in [5.74, 6) is 0.910. The lowest BCUT2D eigenvalue weighted by Crippen LogP contribution is -2.33. The molecule has 0 spiro atoms. The smallest absolute Gasteiger partial charge is 0.341 e. The van der Waals surface area contributed by atoms with E-state index in [4.69, 9.17) is 20.9 Å². The molecule has 1 heterocycles. The number of allylic oxidation sites excluding steroid dienone is 1. The van der Waals surface area contributed by atoms with Gasteiger partial charge in [0.15, 0.2) is 0 Å². The van der Waals surface area contributed by atoms with Gasteiger partial charge < -0.3 is 9.05 Å². The molecule has 1 aliphatic rings. The van der Waals surface area contributed by atoms with Gasteiger partial charge in [0.2, 0.25) is 0 Å². The second-order valence-electron chi connectivity index (χ2n) is 6.00. The average molecular weight is 263 g/mol. The van der Waals surface area contributed by atoms with Crippen molar-refractivity contribution in [1.82, 2.24) is 4.67 Å². The molecule has 0 N–H and O–H groups in total. The van der Waals surface area contributed by atoms with Crippen molar-refractivity contribution < 1.29 is 9.05 Å². The van der Waals surface area contributed by atoms with Crippen LogP contribution in [0.15, 0.2) is 12.0 Å². The number of rotatable bonds is 1. The second kappa shape index (κ2) is 4.01. The van der Waals surface area contributed by atoms with E-state index in [0.29, 0.717) is 0 Å². The Labute approximate surface area is 104 Å². The van der Waals surface area contributed by atoms with Gasteiger partial charge in [0.05, 0.1) is 0 Å². The van der Waals surface area contributed by atoms with E-state index in [0.717, 1.165) is 5.76 Å². The molecule has 1 unspecified atom stereocenters. The first-order valence-corrected chi connectivity index (χ1v) is 7.97. The maximum Gasteiger partial charge on any atom is 0.341 e. The molecule has 1 atom stereocenters. The highest BCUT2D eigenvalue weighted by Crippen LogP contribution is 2.63. The van der Waals surface area contributed by atoms with E-state index in [1.54, 1.807) is 7.11 Å². The SMILES string of the molecule is COP1(=S)OC(C(C)(C)C)=CN1C(C)(C)C. The number of nitrogens with zero attached hydrogens (tertiary/aromatic N) is 1. The summed E-state index contributed by atoms with van der Waals surface area (Å²) in [6, 6.07) is 0. The van der Waals surface area contributed by atoms with E-state index in [9.17, 15) is 0 Å². The van der Waals surface area contributed by atoms with Crippen molar-refractivity contribution in [2.24, 2.45) is 5.41 Å². The highest BCUT2D eigenvalue weighted by Gasteiger charge is 2.43. The lowest BCUT2D eigenvalue weighted by molar-refractivity contribution is 0.250. The zero-order valence-corrected chi connectivity index (χ0v) is 12.9. The maximum atomic E-state index is 5.89. The van der Waals surface area contributed by atoms with E-state index in [2.05, 4.69) is 46.2 Å². The molecule has 1 aliphatic heterocycles. The molecule has 3 nitrogen and oxygen atoms in total. The van der Waals surface area contributed by atoms with Crippen molar-refractivity contribution in [3.8, 4) is 0 Å². The molecule has 5 heteroatoms. The molecule has 0 aromatic heterocycles. The third-order valence-electron chi connectivity index (χ3n) is 2.37. The molecule has 0 aromatic carbocycles. The van der Waals surface area contributed by atoms with Crippen molar-refractivity contribution in [3.63, 3.8) is 0 Å². The topological polar surface area (TPSA) is 21.7 Å². The van der Waals surface area contributed by atoms with Gasteiger partial charge in [-0.3, -0.25) is 4.67 Å². The van der Waals surface area contributed by atoms with Crippen LogP contribution in [-0.2, 0) is 20.9 Å². The molecule has 0 fully saturated rings. The summed E-state index contributed by atoms with van der Waals surface area (Å²) in [5.41, 5.74) is -0.124. The molecule has 1 rings (SSSR count). The van der Waals surface area contributed by atoms with E-state index in [1.165, 1.54) is 0 Å². The Kier molecular flexibility index (Phi) is 3.51. The molecule has 0 aliphatic carbocycles. The predicted molar refractivity (Wildman–Crippen MR) is 71.5 cm³/mol. The molecule has 0 saturated heterocycles. The minimum absolute atomic E-state index is 0.0391. The first-order valence-electron chi connectivity index (χ1n) is 5.38. The van der Waals surface area contributed by atoms with Crippen LogP contribution in [0.1, 0.15) is 41.5 Å². The summed E-state index contributed by atoms with van der Waals surface area (Å²) >= 11 is 5.52. The Balaban J connectivity index is 3.14. The monoisotopic (exact) mass is 263 g/mol. The predicted octanol–water partition coefficient (Wildman–Crippen LogP) is 3.88. The molecular formula is C11H22NO2PS. The molecule has 94 valence electrons. The molecular weight excluding hydrogens is 241 g/mol. The summed E-state index contributed by atoms with van der Waals surface area (Å²) in [7, 11) is 1.62. The standard InChI is InChI=1S/C11H22NO2PS/c1-10(2,3)9-8-12(11(4,5)6)15(16,13-7)14-9/h8H,1-7H3. The first kappa shape index (κ1) is 14.0. The molecule has 0 bridgehead atoms. The van der Waals surface area contributed by atoms with Gasteiger partial charge in [-0.15, -0.1) is 0 Å². The van der Waals surface area contributed by atoms with Crippen molar-refractivity contribution in [2.75, 3.05) is 7.11 Å². The van der Waals surface area contributed by atoms with Crippen molar-refractivity contribution in [3.05, 3.63) is 12.0 Å². The minimum Gasteiger partial charge on any atom is -0.431 e. The first-order chi connectivity index (χ1) is 7.00. The lowest BCUT2D eigenvalue weighted by atomic mass is 9.94. The third kappa shape index (κ3) is 2.61. The second-order valence-corrected chi connectivity index (χ2v) is 9.30. The van der Waals surface area contributed by atoms with Gasteiger partial charge in [-0.25, -0.2) is 0 Å². The van der Waals surface area contributed by atoms with E-state index in [1.807, 2.05) is 6.20 Å². The van der Waals surface area contributed by atoms with Gasteiger partial charge in [-0.2, -0.15) is 0 Å². The van der Waals surface area contributed by atoms with E-state index in [-0.39, 0.29) is 11.0 Å². The largest absolute Gasteiger partial charge is 0.431 e. The number of hydrogen-bond acceptors (Lipinski definition) is 3. The highest BCUT2D eigenvalue weighted by atomic mass is 32.5. The lowest BCUT2D eigenvalue weighted by Gasteiger charge is -2.36. The molecule has 0 saturated carbocycles. The Morgan fingerprint density at radius 3 is 2.00 bits per heavy atom. The Morgan fingerprint density at radius 2 is 1.75 bits per heavy atom. The fourth-order valence-electron chi connectivity index (χ4n) is 1.39. The van der Waals surface area contributed by atoms with Crippen LogP contribution in [0.25, 0.3) is 0 Å². The van der Waals surface area contributed by atoms with Gasteiger partial charge >= 0.3 is 6.64 Å². The van der Waals surface area contributed by atoms with Gasteiger partial charge in [-0.1, -0.05) is 20.8 Å². The molecule has 0 amide bonds. The normalized spacial score (nSPS) is 26.7. The molecule has 0 radical (unpaired) electrons. The highest BCUT2D eigenvalue weighted by molar-refractivity contribution is 8.08. The van der Waals surface area contributed by atoms with Crippen LogP contribution in [0, 0.1) is 5.41 Å². The Hall–Kier alpha value is -0.0500. The van der Waals surface area contributed by atoms with Crippen LogP contribution < -0.4 is 0 Å². The van der Waals surface area contributed by atoms with Crippen LogP contribution in [0.2, 0.25) is 0 Å². The summed E-state index contributed by atoms with van der Waals surface area (Å²) in [6.07, 6.45) is 2.02. The Bertz CT molecular complexity index is 352.